The molecule has 1 saturated carbocycles. The number of para-hydroxylation sites is 2. The zero-order valence-electron chi connectivity index (χ0n) is 20.1. The lowest BCUT2D eigenvalue weighted by Gasteiger charge is -2.34. The van der Waals surface area contributed by atoms with Crippen molar-refractivity contribution < 1.29 is 4.42 Å². The molecule has 0 amide bonds. The monoisotopic (exact) mass is 425 g/mol. The van der Waals surface area contributed by atoms with Crippen LogP contribution in [0.4, 0.5) is 11.4 Å². The van der Waals surface area contributed by atoms with E-state index in [2.05, 4.69) is 100 Å². The van der Waals surface area contributed by atoms with Crippen LogP contribution in [0.2, 0.25) is 0 Å². The van der Waals surface area contributed by atoms with E-state index >= 15 is 0 Å². The first-order valence-electron chi connectivity index (χ1n) is 12.1. The molecule has 1 aliphatic rings. The Bertz CT molecular complexity index is 1240. The minimum absolute atomic E-state index is 0.472. The van der Waals surface area contributed by atoms with E-state index in [0.717, 1.165) is 16.9 Å². The maximum Gasteiger partial charge on any atom is 0.159 e. The number of hydrogen-bond donors (Lipinski definition) is 0. The highest BCUT2D eigenvalue weighted by Gasteiger charge is 2.29. The average Bonchev–Trinajstić information content (AvgIpc) is 3.18. The van der Waals surface area contributed by atoms with Gasteiger partial charge in [0.25, 0.3) is 0 Å². The van der Waals surface area contributed by atoms with Gasteiger partial charge < -0.3 is 9.32 Å². The molecule has 2 nitrogen and oxygen atoms in total. The van der Waals surface area contributed by atoms with Crippen molar-refractivity contribution >= 4 is 33.3 Å². The number of rotatable bonds is 4. The molecular weight excluding hydrogens is 390 g/mol. The third kappa shape index (κ3) is 3.70. The van der Waals surface area contributed by atoms with Crippen molar-refractivity contribution in [1.82, 2.24) is 0 Å². The summed E-state index contributed by atoms with van der Waals surface area (Å²) < 4.78 is 6.68. The molecule has 4 aromatic rings. The van der Waals surface area contributed by atoms with Crippen LogP contribution in [-0.4, -0.2) is 7.05 Å². The largest absolute Gasteiger partial charge is 0.454 e. The first-order chi connectivity index (χ1) is 15.3. The van der Waals surface area contributed by atoms with E-state index in [9.17, 15) is 0 Å². The van der Waals surface area contributed by atoms with Gasteiger partial charge in [-0.1, -0.05) is 70.2 Å². The Morgan fingerprint density at radius 2 is 1.47 bits per heavy atom. The normalized spacial score (nSPS) is 16.8. The third-order valence-corrected chi connectivity index (χ3v) is 7.62. The summed E-state index contributed by atoms with van der Waals surface area (Å²) in [7, 11) is 2.14. The molecule has 0 saturated heterocycles. The Kier molecular flexibility index (Phi) is 5.28. The van der Waals surface area contributed by atoms with Crippen molar-refractivity contribution in [1.29, 1.82) is 0 Å². The Morgan fingerprint density at radius 3 is 2.12 bits per heavy atom. The molecule has 0 atom stereocenters. The smallest absolute Gasteiger partial charge is 0.159 e. The molecule has 3 aromatic carbocycles. The van der Waals surface area contributed by atoms with Crippen LogP contribution in [0.15, 0.2) is 65.1 Å². The fourth-order valence-electron chi connectivity index (χ4n) is 5.34. The molecule has 0 aliphatic heterocycles. The number of hydrogen-bond acceptors (Lipinski definition) is 2. The fourth-order valence-corrected chi connectivity index (χ4v) is 5.34. The Balaban J connectivity index is 1.57. The summed E-state index contributed by atoms with van der Waals surface area (Å²) in [5, 5.41) is 2.45. The Morgan fingerprint density at radius 1 is 0.844 bits per heavy atom. The number of furan rings is 1. The molecule has 0 unspecified atom stereocenters. The lowest BCUT2D eigenvalue weighted by Crippen LogP contribution is -2.20. The van der Waals surface area contributed by atoms with Gasteiger partial charge in [-0.3, -0.25) is 0 Å². The molecule has 1 aliphatic carbocycles. The molecule has 32 heavy (non-hydrogen) atoms. The van der Waals surface area contributed by atoms with Gasteiger partial charge in [0.15, 0.2) is 5.58 Å². The molecule has 5 rings (SSSR count). The van der Waals surface area contributed by atoms with E-state index < -0.39 is 0 Å². The number of fused-ring (bicyclic) bond motifs is 3. The molecule has 0 spiro atoms. The van der Waals surface area contributed by atoms with E-state index in [1.807, 2.05) is 0 Å². The molecule has 0 radical (unpaired) electrons. The van der Waals surface area contributed by atoms with Gasteiger partial charge in [-0.25, -0.2) is 0 Å². The van der Waals surface area contributed by atoms with Gasteiger partial charge in [-0.15, -0.1) is 0 Å². The maximum atomic E-state index is 6.68. The van der Waals surface area contributed by atoms with Crippen LogP contribution in [-0.2, 0) is 0 Å². The first-order valence-corrected chi connectivity index (χ1v) is 12.1. The lowest BCUT2D eigenvalue weighted by atomic mass is 9.71. The molecule has 2 heteroatoms. The van der Waals surface area contributed by atoms with Crippen molar-refractivity contribution in [2.75, 3.05) is 11.9 Å². The zero-order chi connectivity index (χ0) is 22.5. The zero-order valence-corrected chi connectivity index (χ0v) is 20.1. The average molecular weight is 426 g/mol. The van der Waals surface area contributed by atoms with Crippen molar-refractivity contribution in [3.8, 4) is 0 Å². The van der Waals surface area contributed by atoms with Gasteiger partial charge in [0, 0.05) is 23.5 Å². The van der Waals surface area contributed by atoms with Crippen molar-refractivity contribution in [3.63, 3.8) is 0 Å². The second kappa shape index (κ2) is 7.99. The summed E-state index contributed by atoms with van der Waals surface area (Å²) in [6.07, 6.45) is 5.07. The molecular formula is C30H35NO. The van der Waals surface area contributed by atoms with Gasteiger partial charge in [-0.2, -0.15) is 0 Å². The van der Waals surface area contributed by atoms with Gasteiger partial charge in [0.05, 0.1) is 5.69 Å². The summed E-state index contributed by atoms with van der Waals surface area (Å²) in [4.78, 5) is 2.25. The van der Waals surface area contributed by atoms with Crippen molar-refractivity contribution in [2.45, 2.75) is 65.2 Å². The van der Waals surface area contributed by atoms with E-state index in [-0.39, 0.29) is 0 Å². The van der Waals surface area contributed by atoms with Crippen LogP contribution in [0.1, 0.15) is 76.3 Å². The van der Waals surface area contributed by atoms with Crippen molar-refractivity contribution in [3.05, 3.63) is 71.8 Å². The molecule has 166 valence electrons. The molecule has 1 aromatic heterocycles. The SMILES string of the molecule is CC(C)c1ccc(N(C)c2cccc3c2oc2c(C4CCC(C)(C)CC4)cccc23)cc1. The van der Waals surface area contributed by atoms with Gasteiger partial charge in [-0.05, 0) is 72.3 Å². The maximum absolute atomic E-state index is 6.68. The topological polar surface area (TPSA) is 16.4 Å². The second-order valence-electron chi connectivity index (χ2n) is 10.7. The van der Waals surface area contributed by atoms with Gasteiger partial charge in [0.1, 0.15) is 5.58 Å². The highest BCUT2D eigenvalue weighted by molar-refractivity contribution is 6.10. The standard InChI is InChI=1S/C30H35NO/c1-20(2)21-12-14-23(15-13-21)31(5)27-11-7-10-26-25-9-6-8-24(28(25)32-29(26)27)22-16-18-30(3,4)19-17-22/h6-15,20,22H,16-19H2,1-5H3. The quantitative estimate of drug-likeness (QED) is 0.324. The van der Waals surface area contributed by atoms with Gasteiger partial charge in [0.2, 0.25) is 0 Å². The predicted molar refractivity (Wildman–Crippen MR) is 137 cm³/mol. The number of benzene rings is 3. The van der Waals surface area contributed by atoms with E-state index in [1.165, 1.54) is 53.3 Å². The van der Waals surface area contributed by atoms with Crippen LogP contribution < -0.4 is 4.90 Å². The summed E-state index contributed by atoms with van der Waals surface area (Å²) in [6, 6.07) is 22.2. The van der Waals surface area contributed by atoms with Crippen LogP contribution in [0, 0.1) is 5.41 Å². The Hall–Kier alpha value is -2.74. The molecule has 0 bridgehead atoms. The van der Waals surface area contributed by atoms with Crippen LogP contribution >= 0.6 is 0 Å². The summed E-state index contributed by atoms with van der Waals surface area (Å²) >= 11 is 0. The van der Waals surface area contributed by atoms with Gasteiger partial charge >= 0.3 is 0 Å². The first kappa shape index (κ1) is 21.1. The number of anilines is 2. The minimum Gasteiger partial charge on any atom is -0.454 e. The van der Waals surface area contributed by atoms with E-state index in [1.54, 1.807) is 0 Å². The minimum atomic E-state index is 0.472. The Labute approximate surface area is 192 Å². The summed E-state index contributed by atoms with van der Waals surface area (Å²) in [5.74, 6) is 1.13. The lowest BCUT2D eigenvalue weighted by molar-refractivity contribution is 0.224. The molecule has 1 heterocycles. The second-order valence-corrected chi connectivity index (χ2v) is 10.7. The number of nitrogens with zero attached hydrogens (tertiary/aromatic N) is 1. The summed E-state index contributed by atoms with van der Waals surface area (Å²) in [6.45, 7) is 9.28. The highest BCUT2D eigenvalue weighted by Crippen LogP contribution is 2.46. The van der Waals surface area contributed by atoms with Crippen LogP contribution in [0.5, 0.6) is 0 Å². The van der Waals surface area contributed by atoms with E-state index in [4.69, 9.17) is 4.42 Å². The third-order valence-electron chi connectivity index (χ3n) is 7.62. The molecule has 0 N–H and O–H groups in total. The highest BCUT2D eigenvalue weighted by atomic mass is 16.3. The van der Waals surface area contributed by atoms with Crippen LogP contribution in [0.25, 0.3) is 21.9 Å². The van der Waals surface area contributed by atoms with Crippen molar-refractivity contribution in [2.24, 2.45) is 5.41 Å². The fraction of sp³-hybridized carbons (Fsp3) is 0.400. The summed E-state index contributed by atoms with van der Waals surface area (Å²) in [5.41, 5.74) is 7.60. The molecule has 1 fully saturated rings. The van der Waals surface area contributed by atoms with E-state index in [0.29, 0.717) is 17.3 Å². The predicted octanol–water partition coefficient (Wildman–Crippen LogP) is 9.16. The van der Waals surface area contributed by atoms with Crippen LogP contribution in [0.3, 0.4) is 0 Å².